The van der Waals surface area contributed by atoms with Crippen molar-refractivity contribution in [2.45, 2.75) is 38.8 Å². The van der Waals surface area contributed by atoms with Crippen LogP contribution < -0.4 is 5.56 Å². The van der Waals surface area contributed by atoms with E-state index in [2.05, 4.69) is 68.4 Å². The monoisotopic (exact) mass is 437 g/mol. The zero-order valence-electron chi connectivity index (χ0n) is 18.6. The van der Waals surface area contributed by atoms with Crippen LogP contribution in [0.5, 0.6) is 0 Å². The van der Waals surface area contributed by atoms with Gasteiger partial charge < -0.3 is 9.97 Å². The molecule has 0 fully saturated rings. The summed E-state index contributed by atoms with van der Waals surface area (Å²) in [6.45, 7) is 3.10. The number of nitrogens with one attached hydrogen (secondary N) is 2. The lowest BCUT2D eigenvalue weighted by Gasteiger charge is -2.28. The molecule has 2 N–H and O–H groups in total. The molecule has 0 saturated carbocycles. The van der Waals surface area contributed by atoms with Gasteiger partial charge in [-0.25, -0.2) is 4.98 Å². The molecule has 0 spiro atoms. The lowest BCUT2D eigenvalue weighted by molar-refractivity contribution is 0.243. The molecule has 0 saturated heterocycles. The topological polar surface area (TPSA) is 77.1 Å². The number of rotatable bonds is 4. The number of fused-ring (bicyclic) bond motifs is 2. The Balaban J connectivity index is 1.32. The van der Waals surface area contributed by atoms with Crippen LogP contribution in [-0.2, 0) is 19.5 Å². The number of aliphatic imine (C=N–C) groups is 1. The Hall–Kier alpha value is -3.51. The molecule has 2 aliphatic rings. The first kappa shape index (κ1) is 20.1. The summed E-state index contributed by atoms with van der Waals surface area (Å²) in [6.07, 6.45) is 3.91. The number of H-pyrrole nitrogens is 2. The van der Waals surface area contributed by atoms with E-state index in [1.165, 1.54) is 16.5 Å². The second kappa shape index (κ2) is 8.45. The number of aromatic amines is 2. The molecule has 0 amide bonds. The third kappa shape index (κ3) is 3.80. The average molecular weight is 438 g/mol. The molecule has 0 aliphatic carbocycles. The second-order valence-corrected chi connectivity index (χ2v) is 8.98. The highest BCUT2D eigenvalue weighted by molar-refractivity contribution is 5.97. The molecule has 2 aliphatic heterocycles. The van der Waals surface area contributed by atoms with Gasteiger partial charge in [0, 0.05) is 43.5 Å². The van der Waals surface area contributed by atoms with Gasteiger partial charge in [-0.1, -0.05) is 48.5 Å². The zero-order chi connectivity index (χ0) is 22.2. The maximum atomic E-state index is 13.0. The van der Waals surface area contributed by atoms with Crippen molar-refractivity contribution in [1.29, 1.82) is 0 Å². The van der Waals surface area contributed by atoms with Crippen molar-refractivity contribution in [2.24, 2.45) is 4.99 Å². The molecule has 166 valence electrons. The summed E-state index contributed by atoms with van der Waals surface area (Å²) < 4.78 is 0. The van der Waals surface area contributed by atoms with Crippen molar-refractivity contribution in [3.63, 3.8) is 0 Å². The Labute approximate surface area is 192 Å². The van der Waals surface area contributed by atoms with Crippen molar-refractivity contribution < 1.29 is 0 Å². The zero-order valence-corrected chi connectivity index (χ0v) is 18.6. The number of nitrogens with zero attached hydrogens (tertiary/aromatic N) is 3. The summed E-state index contributed by atoms with van der Waals surface area (Å²) in [6, 6.07) is 18.9. The minimum absolute atomic E-state index is 0.0183. The van der Waals surface area contributed by atoms with Crippen molar-refractivity contribution in [3.05, 3.63) is 87.6 Å². The van der Waals surface area contributed by atoms with E-state index in [1.54, 1.807) is 0 Å². The van der Waals surface area contributed by atoms with E-state index in [-0.39, 0.29) is 5.56 Å². The van der Waals surface area contributed by atoms with E-state index >= 15 is 0 Å². The van der Waals surface area contributed by atoms with E-state index < -0.39 is 0 Å². The van der Waals surface area contributed by atoms with Gasteiger partial charge in [-0.2, -0.15) is 0 Å². The minimum Gasteiger partial charge on any atom is -0.354 e. The molecule has 4 aromatic rings. The fraction of sp³-hybridized carbons (Fsp3) is 0.296. The fourth-order valence-corrected chi connectivity index (χ4v) is 5.08. The van der Waals surface area contributed by atoms with Crippen LogP contribution in [-0.4, -0.2) is 38.7 Å². The predicted molar refractivity (Wildman–Crippen MR) is 132 cm³/mol. The lowest BCUT2D eigenvalue weighted by Crippen LogP contribution is -2.36. The number of aromatic nitrogens is 3. The molecular formula is C27H27N5O. The Morgan fingerprint density at radius 2 is 1.79 bits per heavy atom. The Morgan fingerprint density at radius 1 is 0.939 bits per heavy atom. The fourth-order valence-electron chi connectivity index (χ4n) is 5.08. The van der Waals surface area contributed by atoms with Gasteiger partial charge in [0.2, 0.25) is 0 Å². The Bertz CT molecular complexity index is 1400. The Kier molecular flexibility index (Phi) is 5.15. The average Bonchev–Trinajstić information content (AvgIpc) is 3.24. The summed E-state index contributed by atoms with van der Waals surface area (Å²) in [7, 11) is 0. The molecule has 6 heteroatoms. The van der Waals surface area contributed by atoms with Crippen molar-refractivity contribution in [2.75, 3.05) is 13.1 Å². The minimum atomic E-state index is -0.0183. The van der Waals surface area contributed by atoms with Gasteiger partial charge in [0.1, 0.15) is 0 Å². The number of hydrogen-bond donors (Lipinski definition) is 2. The summed E-state index contributed by atoms with van der Waals surface area (Å²) in [5.41, 5.74) is 7.41. The highest BCUT2D eigenvalue weighted by atomic mass is 16.1. The molecule has 0 atom stereocenters. The van der Waals surface area contributed by atoms with Crippen LogP contribution in [0.25, 0.3) is 22.2 Å². The molecular weight excluding hydrogens is 410 g/mol. The van der Waals surface area contributed by atoms with Crippen LogP contribution >= 0.6 is 0 Å². The number of para-hydroxylation sites is 1. The van der Waals surface area contributed by atoms with Gasteiger partial charge >= 0.3 is 0 Å². The summed E-state index contributed by atoms with van der Waals surface area (Å²) in [5, 5.41) is 1.24. The molecule has 0 unspecified atom stereocenters. The lowest BCUT2D eigenvalue weighted by atomic mass is 10.0. The standard InChI is InChI=1S/C27H27N5O/c33-27-21-17-32(15-13-23(21)30-26(31-27)24-12-6-7-14-28-24)16-20-19-10-4-5-11-22(19)29-25(20)18-8-2-1-3-9-18/h1-5,8-11,29H,6-7,12-17H2,(H,30,31,33). The first-order chi connectivity index (χ1) is 16.3. The molecule has 2 aromatic carbocycles. The smallest absolute Gasteiger partial charge is 0.255 e. The molecule has 0 bridgehead atoms. The van der Waals surface area contributed by atoms with Crippen LogP contribution in [0.3, 0.4) is 0 Å². The van der Waals surface area contributed by atoms with Gasteiger partial charge in [0.25, 0.3) is 5.56 Å². The summed E-state index contributed by atoms with van der Waals surface area (Å²) in [5.74, 6) is 0.676. The Morgan fingerprint density at radius 3 is 2.64 bits per heavy atom. The predicted octanol–water partition coefficient (Wildman–Crippen LogP) is 4.45. The summed E-state index contributed by atoms with van der Waals surface area (Å²) >= 11 is 0. The van der Waals surface area contributed by atoms with E-state index in [9.17, 15) is 4.79 Å². The third-order valence-corrected chi connectivity index (χ3v) is 6.80. The highest BCUT2D eigenvalue weighted by Crippen LogP contribution is 2.32. The summed E-state index contributed by atoms with van der Waals surface area (Å²) in [4.78, 5) is 31.4. The van der Waals surface area contributed by atoms with Crippen LogP contribution in [0.2, 0.25) is 0 Å². The van der Waals surface area contributed by atoms with Crippen LogP contribution in [0, 0.1) is 0 Å². The van der Waals surface area contributed by atoms with E-state index in [0.29, 0.717) is 12.4 Å². The van der Waals surface area contributed by atoms with Gasteiger partial charge in [-0.15, -0.1) is 0 Å². The number of benzene rings is 2. The molecule has 33 heavy (non-hydrogen) atoms. The molecule has 0 radical (unpaired) electrons. The van der Waals surface area contributed by atoms with Gasteiger partial charge in [0.05, 0.1) is 22.7 Å². The van der Waals surface area contributed by atoms with E-state index in [4.69, 9.17) is 4.98 Å². The quantitative estimate of drug-likeness (QED) is 0.495. The first-order valence-corrected chi connectivity index (χ1v) is 11.8. The highest BCUT2D eigenvalue weighted by Gasteiger charge is 2.24. The van der Waals surface area contributed by atoms with Crippen LogP contribution in [0.4, 0.5) is 0 Å². The maximum Gasteiger partial charge on any atom is 0.255 e. The largest absolute Gasteiger partial charge is 0.354 e. The van der Waals surface area contributed by atoms with Crippen molar-refractivity contribution in [3.8, 4) is 11.3 Å². The maximum absolute atomic E-state index is 13.0. The van der Waals surface area contributed by atoms with Gasteiger partial charge in [-0.05, 0) is 36.5 Å². The second-order valence-electron chi connectivity index (χ2n) is 8.98. The van der Waals surface area contributed by atoms with Gasteiger partial charge in [0.15, 0.2) is 5.82 Å². The van der Waals surface area contributed by atoms with E-state index in [1.807, 2.05) is 6.07 Å². The van der Waals surface area contributed by atoms with Crippen molar-refractivity contribution in [1.82, 2.24) is 19.9 Å². The van der Waals surface area contributed by atoms with Crippen LogP contribution in [0.15, 0.2) is 64.4 Å². The normalized spacial score (nSPS) is 16.5. The first-order valence-electron chi connectivity index (χ1n) is 11.8. The SMILES string of the molecule is O=c1[nH]c(C2=NCCCC2)nc2c1CN(Cc1c(-c3ccccc3)[nH]c3ccccc13)CC2. The molecule has 6 nitrogen and oxygen atoms in total. The molecule has 4 heterocycles. The molecule has 6 rings (SSSR count). The number of hydrogen-bond acceptors (Lipinski definition) is 4. The molecule has 2 aromatic heterocycles. The van der Waals surface area contributed by atoms with Crippen LogP contribution in [0.1, 0.15) is 41.9 Å². The third-order valence-electron chi connectivity index (χ3n) is 6.80. The van der Waals surface area contributed by atoms with Gasteiger partial charge in [-0.3, -0.25) is 14.7 Å². The van der Waals surface area contributed by atoms with E-state index in [0.717, 1.165) is 73.5 Å². The van der Waals surface area contributed by atoms with Crippen molar-refractivity contribution >= 4 is 16.6 Å².